The number of rotatable bonds is 3. The number of hydrogen-bond acceptors (Lipinski definition) is 0. The molecule has 0 aromatic heterocycles. The Bertz CT molecular complexity index is 295. The smallest absolute Gasteiger partial charge is 0.0590 e. The van der Waals surface area contributed by atoms with Crippen molar-refractivity contribution in [2.75, 3.05) is 0 Å². The lowest BCUT2D eigenvalue weighted by molar-refractivity contribution is 0.372. The Morgan fingerprint density at radius 3 is 2.07 bits per heavy atom. The van der Waals surface area contributed by atoms with Crippen molar-refractivity contribution in [1.82, 2.24) is 0 Å². The van der Waals surface area contributed by atoms with Crippen LogP contribution < -0.4 is 0 Å². The Kier molecular flexibility index (Phi) is 4.48. The van der Waals surface area contributed by atoms with Crippen molar-refractivity contribution in [3.05, 3.63) is 35.4 Å². The van der Waals surface area contributed by atoms with Crippen LogP contribution in [0, 0.1) is 5.41 Å². The lowest BCUT2D eigenvalue weighted by Crippen LogP contribution is -2.08. The summed E-state index contributed by atoms with van der Waals surface area (Å²) in [5.74, 6) is 0.562. The van der Waals surface area contributed by atoms with Crippen molar-refractivity contribution in [3.8, 4) is 0 Å². The van der Waals surface area contributed by atoms with Gasteiger partial charge in [-0.2, -0.15) is 0 Å². The second kappa shape index (κ2) is 5.23. The summed E-state index contributed by atoms with van der Waals surface area (Å²) in [5.41, 5.74) is 2.58. The molecule has 0 spiro atoms. The maximum atomic E-state index is 6.35. The summed E-state index contributed by atoms with van der Waals surface area (Å²) in [7, 11) is 0. The molecule has 0 radical (unpaired) electrons. The Morgan fingerprint density at radius 2 is 1.67 bits per heavy atom. The lowest BCUT2D eigenvalue weighted by Gasteiger charge is -2.22. The van der Waals surface area contributed by atoms with E-state index in [0.29, 0.717) is 5.88 Å². The van der Waals surface area contributed by atoms with Crippen molar-refractivity contribution in [1.29, 1.82) is 0 Å². The van der Waals surface area contributed by atoms with Gasteiger partial charge in [0, 0.05) is 5.88 Å². The molecule has 0 saturated heterocycles. The van der Waals surface area contributed by atoms with Crippen molar-refractivity contribution in [2.24, 2.45) is 5.41 Å². The van der Waals surface area contributed by atoms with Gasteiger partial charge >= 0.3 is 0 Å². The van der Waals surface area contributed by atoms with Gasteiger partial charge < -0.3 is 0 Å². The van der Waals surface area contributed by atoms with E-state index in [2.05, 4.69) is 32.9 Å². The largest absolute Gasteiger partial charge is 0.122 e. The van der Waals surface area contributed by atoms with E-state index < -0.39 is 0 Å². The highest BCUT2D eigenvalue weighted by atomic mass is 35.5. The second-order valence-electron chi connectivity index (χ2n) is 5.11. The van der Waals surface area contributed by atoms with Gasteiger partial charge in [-0.3, -0.25) is 0 Å². The molecule has 0 bridgehead atoms. The first-order valence-electron chi connectivity index (χ1n) is 5.21. The maximum Gasteiger partial charge on any atom is 0.0590 e. The Labute approximate surface area is 103 Å². The highest BCUT2D eigenvalue weighted by molar-refractivity contribution is 6.20. The fourth-order valence-corrected chi connectivity index (χ4v) is 2.26. The fourth-order valence-electron chi connectivity index (χ4n) is 1.47. The molecule has 0 aliphatic carbocycles. The van der Waals surface area contributed by atoms with Crippen LogP contribution in [0.25, 0.3) is 0 Å². The monoisotopic (exact) mass is 244 g/mol. The molecule has 2 heteroatoms. The highest BCUT2D eigenvalue weighted by Crippen LogP contribution is 2.34. The van der Waals surface area contributed by atoms with E-state index >= 15 is 0 Å². The first-order chi connectivity index (χ1) is 6.92. The summed E-state index contributed by atoms with van der Waals surface area (Å²) < 4.78 is 0. The zero-order chi connectivity index (χ0) is 11.5. The summed E-state index contributed by atoms with van der Waals surface area (Å²) in [4.78, 5) is 0. The van der Waals surface area contributed by atoms with Crippen molar-refractivity contribution >= 4 is 23.2 Å². The van der Waals surface area contributed by atoms with Crippen LogP contribution in [0.3, 0.4) is 0 Å². The quantitative estimate of drug-likeness (QED) is 0.646. The summed E-state index contributed by atoms with van der Waals surface area (Å²) >= 11 is 12.1. The fraction of sp³-hybridized carbons (Fsp3) is 0.538. The molecule has 0 fully saturated rings. The van der Waals surface area contributed by atoms with Gasteiger partial charge in [-0.25, -0.2) is 0 Å². The van der Waals surface area contributed by atoms with E-state index in [1.54, 1.807) is 0 Å². The van der Waals surface area contributed by atoms with Crippen LogP contribution in [0.2, 0.25) is 0 Å². The summed E-state index contributed by atoms with van der Waals surface area (Å²) in [6.45, 7) is 6.61. The molecule has 1 unspecified atom stereocenters. The first-order valence-corrected chi connectivity index (χ1v) is 6.18. The molecule has 1 atom stereocenters. The molecule has 0 N–H and O–H groups in total. The summed E-state index contributed by atoms with van der Waals surface area (Å²) in [6, 6.07) is 8.23. The van der Waals surface area contributed by atoms with Crippen molar-refractivity contribution in [3.63, 3.8) is 0 Å². The van der Waals surface area contributed by atoms with E-state index in [-0.39, 0.29) is 10.8 Å². The standard InChI is InChI=1S/C13H18Cl2/c1-13(2,3)8-12(15)11-6-4-10(9-14)5-7-11/h4-7,12H,8-9H2,1-3H3. The van der Waals surface area contributed by atoms with Crippen LogP contribution in [-0.4, -0.2) is 0 Å². The van der Waals surface area contributed by atoms with Crippen molar-refractivity contribution < 1.29 is 0 Å². The van der Waals surface area contributed by atoms with E-state index in [9.17, 15) is 0 Å². The molecule has 0 saturated carbocycles. The third-order valence-electron chi connectivity index (χ3n) is 2.29. The normalized spacial score (nSPS) is 13.9. The van der Waals surface area contributed by atoms with Crippen LogP contribution in [-0.2, 0) is 5.88 Å². The minimum atomic E-state index is 0.0920. The molecule has 84 valence electrons. The third-order valence-corrected chi connectivity index (χ3v) is 3.00. The molecule has 0 heterocycles. The van der Waals surface area contributed by atoms with Gasteiger partial charge in [-0.05, 0) is 23.0 Å². The molecule has 0 nitrogen and oxygen atoms in total. The number of benzene rings is 1. The van der Waals surface area contributed by atoms with E-state index in [0.717, 1.165) is 12.0 Å². The van der Waals surface area contributed by atoms with Crippen molar-refractivity contribution in [2.45, 2.75) is 38.4 Å². The molecule has 1 aromatic carbocycles. The number of hydrogen-bond donors (Lipinski definition) is 0. The van der Waals surface area contributed by atoms with E-state index in [1.807, 2.05) is 12.1 Å². The molecule has 15 heavy (non-hydrogen) atoms. The van der Waals surface area contributed by atoms with Crippen LogP contribution in [0.5, 0.6) is 0 Å². The number of halogens is 2. The second-order valence-corrected chi connectivity index (χ2v) is 5.90. The third kappa shape index (κ3) is 4.44. The molecular formula is C13H18Cl2. The zero-order valence-corrected chi connectivity index (χ0v) is 11.1. The molecule has 0 amide bonds. The van der Waals surface area contributed by atoms with Gasteiger partial charge in [0.1, 0.15) is 0 Å². The zero-order valence-electron chi connectivity index (χ0n) is 9.56. The minimum absolute atomic E-state index is 0.0920. The van der Waals surface area contributed by atoms with Gasteiger partial charge in [0.15, 0.2) is 0 Å². The minimum Gasteiger partial charge on any atom is -0.122 e. The van der Waals surface area contributed by atoms with Gasteiger partial charge in [-0.1, -0.05) is 45.0 Å². The van der Waals surface area contributed by atoms with Gasteiger partial charge in [0.2, 0.25) is 0 Å². The van der Waals surface area contributed by atoms with E-state index in [4.69, 9.17) is 23.2 Å². The number of alkyl halides is 2. The average Bonchev–Trinajstić information content (AvgIpc) is 2.15. The van der Waals surface area contributed by atoms with Gasteiger partial charge in [0.05, 0.1) is 5.38 Å². The Balaban J connectivity index is 2.70. The predicted octanol–water partition coefficient (Wildman–Crippen LogP) is 5.14. The molecule has 1 aromatic rings. The summed E-state index contributed by atoms with van der Waals surface area (Å²) in [5, 5.41) is 0.0920. The Hall–Kier alpha value is -0.200. The van der Waals surface area contributed by atoms with Crippen LogP contribution in [0.1, 0.15) is 43.7 Å². The molecule has 1 rings (SSSR count). The van der Waals surface area contributed by atoms with Crippen LogP contribution in [0.15, 0.2) is 24.3 Å². The molecule has 0 aliphatic heterocycles. The summed E-state index contributed by atoms with van der Waals surface area (Å²) in [6.07, 6.45) is 0.981. The molecule has 0 aliphatic rings. The topological polar surface area (TPSA) is 0 Å². The highest BCUT2D eigenvalue weighted by Gasteiger charge is 2.17. The average molecular weight is 245 g/mol. The van der Waals surface area contributed by atoms with Crippen LogP contribution in [0.4, 0.5) is 0 Å². The molecular weight excluding hydrogens is 227 g/mol. The lowest BCUT2D eigenvalue weighted by atomic mass is 9.88. The maximum absolute atomic E-state index is 6.35. The Morgan fingerprint density at radius 1 is 1.13 bits per heavy atom. The van der Waals surface area contributed by atoms with Gasteiger partial charge in [0.25, 0.3) is 0 Å². The van der Waals surface area contributed by atoms with Gasteiger partial charge in [-0.15, -0.1) is 23.2 Å². The van der Waals surface area contributed by atoms with Crippen LogP contribution >= 0.6 is 23.2 Å². The predicted molar refractivity (Wildman–Crippen MR) is 68.7 cm³/mol. The first kappa shape index (κ1) is 12.9. The van der Waals surface area contributed by atoms with E-state index in [1.165, 1.54) is 5.56 Å². The SMILES string of the molecule is CC(C)(C)CC(Cl)c1ccc(CCl)cc1.